The average Bonchev–Trinajstić information content (AvgIpc) is 2.74. The topological polar surface area (TPSA) is 86.2 Å². The minimum Gasteiger partial charge on any atom is -0.733 e. The van der Waals surface area contributed by atoms with Crippen LogP contribution in [0.5, 0.6) is 11.5 Å². The summed E-state index contributed by atoms with van der Waals surface area (Å²) in [6.07, 6.45) is 1.86. The molecule has 7 heteroatoms. The van der Waals surface area contributed by atoms with Gasteiger partial charge in [-0.3, -0.25) is 5.21 Å². The molecule has 2 heterocycles. The number of fused-ring (bicyclic) bond motifs is 2. The molecule has 0 bridgehead atoms. The number of anilines is 1. The quantitative estimate of drug-likeness (QED) is 0.782. The lowest BCUT2D eigenvalue weighted by atomic mass is 9.68. The predicted octanol–water partition coefficient (Wildman–Crippen LogP) is 3.14. The molecule has 2 aliphatic rings. The number of methoxy groups -OCH3 is 2. The first-order chi connectivity index (χ1) is 13.6. The van der Waals surface area contributed by atoms with Gasteiger partial charge in [-0.15, -0.1) is 0 Å². The van der Waals surface area contributed by atoms with E-state index < -0.39 is 0 Å². The Morgan fingerprint density at radius 3 is 2.54 bits per heavy atom. The van der Waals surface area contributed by atoms with Crippen LogP contribution < -0.4 is 20.0 Å². The van der Waals surface area contributed by atoms with E-state index in [1.807, 2.05) is 12.1 Å². The van der Waals surface area contributed by atoms with Crippen LogP contribution in [0.15, 0.2) is 36.4 Å². The van der Waals surface area contributed by atoms with Gasteiger partial charge >= 0.3 is 0 Å². The molecule has 1 atom stereocenters. The molecule has 28 heavy (non-hydrogen) atoms. The van der Waals surface area contributed by atoms with E-state index in [0.717, 1.165) is 43.7 Å². The Hall–Kier alpha value is -2.32. The Balaban J connectivity index is 1.85. The summed E-state index contributed by atoms with van der Waals surface area (Å²) >= 11 is 0. The number of hydrogen-bond donors (Lipinski definition) is 2. The van der Waals surface area contributed by atoms with E-state index in [2.05, 4.69) is 11.4 Å². The summed E-state index contributed by atoms with van der Waals surface area (Å²) in [6.45, 7) is 2.25. The second-order valence-electron chi connectivity index (χ2n) is 7.37. The molecule has 7 nitrogen and oxygen atoms in total. The monoisotopic (exact) mass is 385 g/mol. The van der Waals surface area contributed by atoms with Crippen molar-refractivity contribution < 1.29 is 19.4 Å². The Labute approximate surface area is 164 Å². The average molecular weight is 385 g/mol. The van der Waals surface area contributed by atoms with Gasteiger partial charge in [0.15, 0.2) is 11.5 Å². The van der Waals surface area contributed by atoms with Crippen LogP contribution in [0.1, 0.15) is 35.6 Å². The van der Waals surface area contributed by atoms with E-state index in [0.29, 0.717) is 11.5 Å². The fourth-order valence-electron chi connectivity index (χ4n) is 4.42. The van der Waals surface area contributed by atoms with E-state index in [1.165, 1.54) is 5.56 Å². The van der Waals surface area contributed by atoms with Gasteiger partial charge < -0.3 is 30.0 Å². The molecular formula is C21H25N2O5-. The zero-order valence-corrected chi connectivity index (χ0v) is 16.1. The number of nitrogens with one attached hydrogen (secondary N) is 1. The van der Waals surface area contributed by atoms with Crippen LogP contribution in [0.25, 0.3) is 0 Å². The lowest BCUT2D eigenvalue weighted by Crippen LogP contribution is -2.48. The standard InChI is InChI=1S/C21H25N2O5/c1-26-18-11-16-17(12-19(18)27-2)21(6-8-28-9-7-21)13-22-20(16)14-4-3-5-15(10-14)23(24)25/h3-5,10-12,20,22,24H,6-9,13H2,1-2H3/q-1/t20-/m0/s1. The van der Waals surface area contributed by atoms with Crippen molar-refractivity contribution >= 4 is 5.69 Å². The van der Waals surface area contributed by atoms with Crippen LogP contribution in [-0.4, -0.2) is 39.2 Å². The van der Waals surface area contributed by atoms with Crippen molar-refractivity contribution in [1.82, 2.24) is 5.32 Å². The third-order valence-corrected chi connectivity index (χ3v) is 5.96. The smallest absolute Gasteiger partial charge is 0.161 e. The molecule has 2 aromatic rings. The first kappa shape index (κ1) is 19.0. The predicted molar refractivity (Wildman–Crippen MR) is 105 cm³/mol. The number of hydrogen-bond acceptors (Lipinski definition) is 7. The third-order valence-electron chi connectivity index (χ3n) is 5.96. The Kier molecular flexibility index (Phi) is 5.16. The number of rotatable bonds is 4. The van der Waals surface area contributed by atoms with Gasteiger partial charge in [0, 0.05) is 25.2 Å². The molecule has 1 spiro atoms. The largest absolute Gasteiger partial charge is 0.733 e. The van der Waals surface area contributed by atoms with Crippen LogP contribution in [0.2, 0.25) is 0 Å². The fraction of sp³-hybridized carbons (Fsp3) is 0.429. The van der Waals surface area contributed by atoms with E-state index in [4.69, 9.17) is 14.2 Å². The van der Waals surface area contributed by atoms with Crippen molar-refractivity contribution in [1.29, 1.82) is 0 Å². The van der Waals surface area contributed by atoms with Crippen molar-refractivity contribution in [3.63, 3.8) is 0 Å². The first-order valence-electron chi connectivity index (χ1n) is 9.41. The van der Waals surface area contributed by atoms with Crippen LogP contribution in [0.3, 0.4) is 0 Å². The highest BCUT2D eigenvalue weighted by Gasteiger charge is 2.42. The van der Waals surface area contributed by atoms with Crippen LogP contribution >= 0.6 is 0 Å². The van der Waals surface area contributed by atoms with Crippen LogP contribution in [0, 0.1) is 5.21 Å². The Morgan fingerprint density at radius 2 is 1.86 bits per heavy atom. The van der Waals surface area contributed by atoms with Gasteiger partial charge in [-0.2, -0.15) is 0 Å². The Bertz CT molecular complexity index is 849. The van der Waals surface area contributed by atoms with Crippen molar-refractivity contribution in [2.75, 3.05) is 39.2 Å². The summed E-state index contributed by atoms with van der Waals surface area (Å²) in [7, 11) is 3.27. The molecule has 1 fully saturated rings. The lowest BCUT2D eigenvalue weighted by Gasteiger charge is -2.45. The molecule has 2 N–H and O–H groups in total. The molecule has 1 saturated heterocycles. The summed E-state index contributed by atoms with van der Waals surface area (Å²) in [4.78, 5) is 0. The minimum absolute atomic E-state index is 0.0250. The highest BCUT2D eigenvalue weighted by molar-refractivity contribution is 5.56. The second-order valence-corrected chi connectivity index (χ2v) is 7.37. The Morgan fingerprint density at radius 1 is 1.14 bits per heavy atom. The molecule has 2 aliphatic heterocycles. The maximum atomic E-state index is 11.4. The number of ether oxygens (including phenoxy) is 3. The van der Waals surface area contributed by atoms with Gasteiger partial charge in [0.2, 0.25) is 0 Å². The summed E-state index contributed by atoms with van der Waals surface area (Å²) in [6, 6.07) is 11.0. The molecule has 0 saturated carbocycles. The highest BCUT2D eigenvalue weighted by Crippen LogP contribution is 2.47. The van der Waals surface area contributed by atoms with Crippen LogP contribution in [-0.2, 0) is 10.2 Å². The summed E-state index contributed by atoms with van der Waals surface area (Å²) in [5, 5.41) is 24.2. The van der Waals surface area contributed by atoms with Gasteiger partial charge in [0.05, 0.1) is 25.9 Å². The zero-order chi connectivity index (χ0) is 19.7. The minimum atomic E-state index is -0.122. The lowest BCUT2D eigenvalue weighted by molar-refractivity contribution is 0.0460. The van der Waals surface area contributed by atoms with Crippen molar-refractivity contribution in [3.05, 3.63) is 58.3 Å². The summed E-state index contributed by atoms with van der Waals surface area (Å²) < 4.78 is 16.7. The number of nitrogens with zero attached hydrogens (tertiary/aromatic N) is 1. The fourth-order valence-corrected chi connectivity index (χ4v) is 4.42. The van der Waals surface area contributed by atoms with Crippen molar-refractivity contribution in [3.8, 4) is 11.5 Å². The molecule has 0 aromatic heterocycles. The van der Waals surface area contributed by atoms with E-state index in [-0.39, 0.29) is 22.4 Å². The molecule has 150 valence electrons. The van der Waals surface area contributed by atoms with Gasteiger partial charge in [-0.1, -0.05) is 12.1 Å². The van der Waals surface area contributed by atoms with Crippen LogP contribution in [0.4, 0.5) is 5.69 Å². The SMILES string of the molecule is COc1cc2c(cc1OC)C1(CCOCC1)CN[C@H]2c1cccc(N([O-])O)c1. The number of benzene rings is 2. The highest BCUT2D eigenvalue weighted by atomic mass is 16.8. The summed E-state index contributed by atoms with van der Waals surface area (Å²) in [5.41, 5.74) is 3.40. The molecule has 0 unspecified atom stereocenters. The molecule has 2 aromatic carbocycles. The maximum Gasteiger partial charge on any atom is 0.161 e. The molecule has 0 amide bonds. The van der Waals surface area contributed by atoms with Crippen molar-refractivity contribution in [2.24, 2.45) is 0 Å². The van der Waals surface area contributed by atoms with Crippen molar-refractivity contribution in [2.45, 2.75) is 24.3 Å². The normalized spacial score (nSPS) is 20.5. The van der Waals surface area contributed by atoms with E-state index in [9.17, 15) is 10.4 Å². The second kappa shape index (κ2) is 7.60. The molecule has 0 aliphatic carbocycles. The zero-order valence-electron chi connectivity index (χ0n) is 16.1. The molecule has 0 radical (unpaired) electrons. The van der Waals surface area contributed by atoms with Gasteiger partial charge in [0.1, 0.15) is 0 Å². The third kappa shape index (κ3) is 3.20. The molecule has 4 rings (SSSR count). The van der Waals surface area contributed by atoms with Gasteiger partial charge in [-0.05, 0) is 53.8 Å². The summed E-state index contributed by atoms with van der Waals surface area (Å²) in [5.74, 6) is 1.38. The van der Waals surface area contributed by atoms with Gasteiger partial charge in [0.25, 0.3) is 0 Å². The van der Waals surface area contributed by atoms with E-state index in [1.54, 1.807) is 32.4 Å². The first-order valence-corrected chi connectivity index (χ1v) is 9.41. The maximum absolute atomic E-state index is 11.4. The van der Waals surface area contributed by atoms with Gasteiger partial charge in [-0.25, -0.2) is 0 Å². The molecular weight excluding hydrogens is 360 g/mol. The van der Waals surface area contributed by atoms with E-state index >= 15 is 0 Å².